The van der Waals surface area contributed by atoms with Crippen LogP contribution in [-0.2, 0) is 21.4 Å². The van der Waals surface area contributed by atoms with Gasteiger partial charge in [-0.05, 0) is 48.1 Å². The van der Waals surface area contributed by atoms with Crippen molar-refractivity contribution in [3.8, 4) is 0 Å². The maximum absolute atomic E-state index is 13.8. The monoisotopic (exact) mass is 593 g/mol. The second-order valence-electron chi connectivity index (χ2n) is 12.9. The Bertz CT molecular complexity index is 1220. The molecular weight excluding hydrogens is 552 g/mol. The molecule has 3 aliphatic rings. The number of carbonyl (C=O) groups excluding carboxylic acids is 2. The fourth-order valence-electron chi connectivity index (χ4n) is 6.20. The second kappa shape index (κ2) is 12.3. The number of nitrogens with one attached hydrogen (secondary N) is 1. The van der Waals surface area contributed by atoms with Gasteiger partial charge in [0, 0.05) is 62.8 Å². The summed E-state index contributed by atoms with van der Waals surface area (Å²) in [4.78, 5) is 37.4. The van der Waals surface area contributed by atoms with E-state index in [1.165, 1.54) is 12.1 Å². The summed E-state index contributed by atoms with van der Waals surface area (Å²) in [7, 11) is 0. The number of hydrogen-bond acceptors (Lipinski definition) is 5. The first-order valence-electron chi connectivity index (χ1n) is 13.7. The molecule has 2 aromatic rings. The number of anilines is 1. The number of fused-ring (bicyclic) bond motifs is 1. The minimum Gasteiger partial charge on any atom is -0.341 e. The summed E-state index contributed by atoms with van der Waals surface area (Å²) >= 11 is 0. The van der Waals surface area contributed by atoms with E-state index in [9.17, 15) is 14.0 Å². The minimum absolute atomic E-state index is 0. The molecule has 2 amide bonds. The van der Waals surface area contributed by atoms with Gasteiger partial charge < -0.3 is 15.1 Å². The van der Waals surface area contributed by atoms with E-state index in [0.717, 1.165) is 42.1 Å². The van der Waals surface area contributed by atoms with Crippen LogP contribution in [0.4, 0.5) is 10.1 Å². The van der Waals surface area contributed by atoms with Crippen LogP contribution in [0.25, 0.3) is 0 Å². The van der Waals surface area contributed by atoms with E-state index >= 15 is 0 Å². The molecule has 3 aliphatic heterocycles. The Kier molecular flexibility index (Phi) is 9.93. The topological polar surface area (TPSA) is 68.8 Å². The average Bonchev–Trinajstić information content (AvgIpc) is 3.27. The first-order chi connectivity index (χ1) is 17.9. The largest absolute Gasteiger partial charge is 0.341 e. The van der Waals surface area contributed by atoms with Crippen LogP contribution in [0.3, 0.4) is 0 Å². The Hall–Kier alpha value is -2.26. The van der Waals surface area contributed by atoms with Crippen molar-refractivity contribution in [2.45, 2.75) is 65.0 Å². The van der Waals surface area contributed by atoms with Crippen LogP contribution in [0.5, 0.6) is 0 Å². The third-order valence-corrected chi connectivity index (χ3v) is 8.13. The van der Waals surface area contributed by atoms with Crippen molar-refractivity contribution in [2.75, 3.05) is 44.2 Å². The molecule has 4 heterocycles. The number of rotatable bonds is 6. The van der Waals surface area contributed by atoms with E-state index in [4.69, 9.17) is 4.98 Å². The molecular formula is C30H42Cl2FN5O2. The van der Waals surface area contributed by atoms with Crippen molar-refractivity contribution in [3.63, 3.8) is 0 Å². The summed E-state index contributed by atoms with van der Waals surface area (Å²) in [6, 6.07) is 8.94. The molecule has 0 radical (unpaired) electrons. The molecule has 0 spiro atoms. The number of benzene rings is 1. The van der Waals surface area contributed by atoms with E-state index in [-0.39, 0.29) is 65.4 Å². The van der Waals surface area contributed by atoms with Crippen molar-refractivity contribution < 1.29 is 14.0 Å². The Labute approximate surface area is 249 Å². The maximum Gasteiger partial charge on any atom is 0.241 e. The Morgan fingerprint density at radius 3 is 2.45 bits per heavy atom. The normalized spacial score (nSPS) is 23.4. The molecule has 220 valence electrons. The molecule has 5 rings (SSSR count). The highest BCUT2D eigenvalue weighted by atomic mass is 35.5. The van der Waals surface area contributed by atoms with E-state index in [1.807, 2.05) is 16.0 Å². The summed E-state index contributed by atoms with van der Waals surface area (Å²) < 4.78 is 13.4. The third kappa shape index (κ3) is 6.96. The molecule has 2 fully saturated rings. The number of nitrogens with zero attached hydrogens (tertiary/aromatic N) is 4. The van der Waals surface area contributed by atoms with Crippen molar-refractivity contribution in [2.24, 2.45) is 5.41 Å². The van der Waals surface area contributed by atoms with Crippen molar-refractivity contribution >= 4 is 42.3 Å². The molecule has 0 unspecified atom stereocenters. The number of likely N-dealkylation sites (tertiary alicyclic amines) is 1. The molecule has 7 nitrogen and oxygen atoms in total. The maximum atomic E-state index is 13.8. The zero-order chi connectivity index (χ0) is 27.2. The van der Waals surface area contributed by atoms with E-state index in [2.05, 4.69) is 50.9 Å². The molecule has 1 aromatic carbocycles. The van der Waals surface area contributed by atoms with Gasteiger partial charge in [0.1, 0.15) is 5.82 Å². The molecule has 2 atom stereocenters. The van der Waals surface area contributed by atoms with Crippen LogP contribution in [0, 0.1) is 11.2 Å². The van der Waals surface area contributed by atoms with Gasteiger partial charge in [-0.25, -0.2) is 4.39 Å². The molecule has 10 heteroatoms. The lowest BCUT2D eigenvalue weighted by Gasteiger charge is -2.41. The summed E-state index contributed by atoms with van der Waals surface area (Å²) in [5, 5.41) is 3.54. The summed E-state index contributed by atoms with van der Waals surface area (Å²) in [6.07, 6.45) is 3.08. The number of halogens is 3. The fraction of sp³-hybridized carbons (Fsp3) is 0.567. The lowest BCUT2D eigenvalue weighted by Crippen LogP contribution is -2.61. The second-order valence-corrected chi connectivity index (χ2v) is 12.9. The van der Waals surface area contributed by atoms with Gasteiger partial charge >= 0.3 is 0 Å². The van der Waals surface area contributed by atoms with Gasteiger partial charge in [-0.15, -0.1) is 24.8 Å². The van der Waals surface area contributed by atoms with E-state index in [0.29, 0.717) is 32.5 Å². The SMILES string of the molecule is C[C@@H]1CN(CC(=O)N2CC(C)(C)c3ncc(Cc4ccc(F)cc4)cc32)[C@@H](CN2CC(C)(C)CC2=O)CN1.Cl.Cl. The van der Waals surface area contributed by atoms with Gasteiger partial charge in [-0.1, -0.05) is 39.8 Å². The van der Waals surface area contributed by atoms with Crippen LogP contribution in [-0.4, -0.2) is 78.0 Å². The molecule has 0 bridgehead atoms. The quantitative estimate of drug-likeness (QED) is 0.543. The minimum atomic E-state index is -0.252. The van der Waals surface area contributed by atoms with Gasteiger partial charge in [0.2, 0.25) is 11.8 Å². The van der Waals surface area contributed by atoms with E-state index < -0.39 is 0 Å². The van der Waals surface area contributed by atoms with Gasteiger partial charge in [0.15, 0.2) is 0 Å². The number of piperazine rings is 1. The first kappa shape index (κ1) is 32.3. The summed E-state index contributed by atoms with van der Waals surface area (Å²) in [6.45, 7) is 14.5. The first-order valence-corrected chi connectivity index (χ1v) is 13.7. The highest BCUT2D eigenvalue weighted by Crippen LogP contribution is 2.40. The van der Waals surface area contributed by atoms with Crippen molar-refractivity contribution in [1.29, 1.82) is 0 Å². The lowest BCUT2D eigenvalue weighted by atomic mass is 9.91. The van der Waals surface area contributed by atoms with Gasteiger partial charge in [-0.2, -0.15) is 0 Å². The molecule has 1 N–H and O–H groups in total. The predicted octanol–water partition coefficient (Wildman–Crippen LogP) is 4.20. The molecule has 40 heavy (non-hydrogen) atoms. The zero-order valence-electron chi connectivity index (χ0n) is 24.1. The van der Waals surface area contributed by atoms with Gasteiger partial charge in [-0.3, -0.25) is 19.5 Å². The highest BCUT2D eigenvalue weighted by Gasteiger charge is 2.42. The lowest BCUT2D eigenvalue weighted by molar-refractivity contribution is -0.128. The number of aromatic nitrogens is 1. The summed E-state index contributed by atoms with van der Waals surface area (Å²) in [5.41, 5.74) is 3.55. The average molecular weight is 595 g/mol. The summed E-state index contributed by atoms with van der Waals surface area (Å²) in [5.74, 6) is 0.0114. The molecule has 0 saturated carbocycles. The number of hydrogen-bond donors (Lipinski definition) is 1. The molecule has 2 saturated heterocycles. The zero-order valence-corrected chi connectivity index (χ0v) is 25.7. The third-order valence-electron chi connectivity index (χ3n) is 8.13. The standard InChI is InChI=1S/C30H40FN5O2.2ClH/c1-20-15-34(24(14-32-20)16-35-18-29(2,3)12-26(35)37)17-27(38)36-19-30(4,5)28-25(36)11-22(13-33-28)10-21-6-8-23(31)9-7-21;;/h6-9,11,13,20,24,32H,10,12,14-19H2,1-5H3;2*1H/t20-,24-;;/m1../s1. The predicted molar refractivity (Wildman–Crippen MR) is 161 cm³/mol. The van der Waals surface area contributed by atoms with Crippen LogP contribution < -0.4 is 10.2 Å². The van der Waals surface area contributed by atoms with E-state index in [1.54, 1.807) is 12.1 Å². The number of pyridine rings is 1. The van der Waals surface area contributed by atoms with Gasteiger partial charge in [0.25, 0.3) is 0 Å². The van der Waals surface area contributed by atoms with Crippen LogP contribution in [0.2, 0.25) is 0 Å². The molecule has 0 aliphatic carbocycles. The van der Waals surface area contributed by atoms with Crippen molar-refractivity contribution in [3.05, 3.63) is 59.2 Å². The van der Waals surface area contributed by atoms with Crippen molar-refractivity contribution in [1.82, 2.24) is 20.1 Å². The van der Waals surface area contributed by atoms with Crippen LogP contribution >= 0.6 is 24.8 Å². The fourth-order valence-corrected chi connectivity index (χ4v) is 6.20. The number of amides is 2. The smallest absolute Gasteiger partial charge is 0.241 e. The molecule has 1 aromatic heterocycles. The Balaban J connectivity index is 0.00000220. The van der Waals surface area contributed by atoms with Crippen LogP contribution in [0.15, 0.2) is 36.5 Å². The highest BCUT2D eigenvalue weighted by molar-refractivity contribution is 5.97. The Morgan fingerprint density at radius 1 is 1.10 bits per heavy atom. The van der Waals surface area contributed by atoms with Gasteiger partial charge in [0.05, 0.1) is 17.9 Å². The number of carbonyl (C=O) groups is 2. The van der Waals surface area contributed by atoms with Crippen LogP contribution in [0.1, 0.15) is 57.9 Å². The Morgan fingerprint density at radius 2 is 1.80 bits per heavy atom.